The SMILES string of the molecule is CCC(C)(C)C(C)CCCCNC. The van der Waals surface area contributed by atoms with Crippen molar-refractivity contribution in [2.75, 3.05) is 13.6 Å². The fourth-order valence-electron chi connectivity index (χ4n) is 1.49. The molecule has 0 rings (SSSR count). The fourth-order valence-corrected chi connectivity index (χ4v) is 1.49. The summed E-state index contributed by atoms with van der Waals surface area (Å²) in [5.41, 5.74) is 0.527. The molecular weight excluding hydrogens is 158 g/mol. The highest BCUT2D eigenvalue weighted by Gasteiger charge is 2.22. The van der Waals surface area contributed by atoms with Gasteiger partial charge < -0.3 is 5.32 Å². The third-order valence-corrected chi connectivity index (χ3v) is 3.56. The lowest BCUT2D eigenvalue weighted by Gasteiger charge is -2.30. The largest absolute Gasteiger partial charge is 0.320 e. The van der Waals surface area contributed by atoms with Crippen LogP contribution in [0, 0.1) is 11.3 Å². The van der Waals surface area contributed by atoms with Crippen LogP contribution in [0.3, 0.4) is 0 Å². The van der Waals surface area contributed by atoms with E-state index in [1.54, 1.807) is 0 Å². The Bertz CT molecular complexity index is 118. The van der Waals surface area contributed by atoms with Gasteiger partial charge in [-0.15, -0.1) is 0 Å². The van der Waals surface area contributed by atoms with E-state index >= 15 is 0 Å². The van der Waals surface area contributed by atoms with E-state index in [1.165, 1.54) is 32.2 Å². The van der Waals surface area contributed by atoms with E-state index in [9.17, 15) is 0 Å². The van der Waals surface area contributed by atoms with Crippen molar-refractivity contribution >= 4 is 0 Å². The van der Waals surface area contributed by atoms with Crippen molar-refractivity contribution < 1.29 is 0 Å². The van der Waals surface area contributed by atoms with Crippen molar-refractivity contribution in [1.29, 1.82) is 0 Å². The zero-order chi connectivity index (χ0) is 10.3. The van der Waals surface area contributed by atoms with Crippen LogP contribution < -0.4 is 5.32 Å². The molecule has 0 fully saturated rings. The Hall–Kier alpha value is -0.0400. The van der Waals surface area contributed by atoms with Crippen molar-refractivity contribution in [2.45, 2.75) is 53.4 Å². The van der Waals surface area contributed by atoms with Crippen LogP contribution in [0.5, 0.6) is 0 Å². The summed E-state index contributed by atoms with van der Waals surface area (Å²) in [5, 5.41) is 3.19. The Labute approximate surface area is 84.3 Å². The highest BCUT2D eigenvalue weighted by Crippen LogP contribution is 2.33. The highest BCUT2D eigenvalue weighted by atomic mass is 14.8. The van der Waals surface area contributed by atoms with E-state index in [1.807, 2.05) is 7.05 Å². The van der Waals surface area contributed by atoms with Crippen molar-refractivity contribution in [3.63, 3.8) is 0 Å². The van der Waals surface area contributed by atoms with Gasteiger partial charge in [-0.2, -0.15) is 0 Å². The van der Waals surface area contributed by atoms with Gasteiger partial charge in [0.05, 0.1) is 0 Å². The topological polar surface area (TPSA) is 12.0 Å². The summed E-state index contributed by atoms with van der Waals surface area (Å²) in [5.74, 6) is 0.856. The molecule has 0 amide bonds. The van der Waals surface area contributed by atoms with Crippen LogP contribution in [0.4, 0.5) is 0 Å². The first-order valence-electron chi connectivity index (χ1n) is 5.69. The number of hydrogen-bond donors (Lipinski definition) is 1. The molecule has 0 aromatic rings. The van der Waals surface area contributed by atoms with Gasteiger partial charge in [0.2, 0.25) is 0 Å². The molecule has 0 spiro atoms. The monoisotopic (exact) mass is 185 g/mol. The lowest BCUT2D eigenvalue weighted by molar-refractivity contribution is 0.205. The summed E-state index contributed by atoms with van der Waals surface area (Å²) in [4.78, 5) is 0. The molecule has 13 heavy (non-hydrogen) atoms. The van der Waals surface area contributed by atoms with Crippen molar-refractivity contribution in [3.05, 3.63) is 0 Å². The zero-order valence-corrected chi connectivity index (χ0v) is 10.1. The zero-order valence-electron chi connectivity index (χ0n) is 10.1. The molecule has 0 saturated heterocycles. The lowest BCUT2D eigenvalue weighted by atomic mass is 9.75. The predicted molar refractivity (Wildman–Crippen MR) is 61.0 cm³/mol. The van der Waals surface area contributed by atoms with Crippen LogP contribution in [0.15, 0.2) is 0 Å². The molecule has 0 saturated carbocycles. The van der Waals surface area contributed by atoms with Crippen LogP contribution in [-0.4, -0.2) is 13.6 Å². The second kappa shape index (κ2) is 6.42. The van der Waals surface area contributed by atoms with E-state index in [0.29, 0.717) is 5.41 Å². The van der Waals surface area contributed by atoms with Crippen molar-refractivity contribution in [3.8, 4) is 0 Å². The van der Waals surface area contributed by atoms with Crippen LogP contribution in [0.1, 0.15) is 53.4 Å². The maximum atomic E-state index is 3.19. The quantitative estimate of drug-likeness (QED) is 0.599. The molecule has 0 radical (unpaired) electrons. The predicted octanol–water partition coefficient (Wildman–Crippen LogP) is 3.45. The Morgan fingerprint density at radius 1 is 1.23 bits per heavy atom. The van der Waals surface area contributed by atoms with Gasteiger partial charge in [-0.05, 0) is 31.3 Å². The molecular formula is C12H27N. The average molecular weight is 185 g/mol. The van der Waals surface area contributed by atoms with Gasteiger partial charge in [-0.3, -0.25) is 0 Å². The van der Waals surface area contributed by atoms with Crippen molar-refractivity contribution in [1.82, 2.24) is 5.32 Å². The summed E-state index contributed by atoms with van der Waals surface area (Å²) in [7, 11) is 2.03. The molecule has 1 unspecified atom stereocenters. The van der Waals surface area contributed by atoms with E-state index in [4.69, 9.17) is 0 Å². The molecule has 1 nitrogen and oxygen atoms in total. The Balaban J connectivity index is 3.55. The molecule has 0 aliphatic heterocycles. The summed E-state index contributed by atoms with van der Waals surface area (Å²) in [6.07, 6.45) is 5.36. The maximum Gasteiger partial charge on any atom is -0.00519 e. The van der Waals surface area contributed by atoms with E-state index in [0.717, 1.165) is 5.92 Å². The first-order valence-corrected chi connectivity index (χ1v) is 5.69. The molecule has 80 valence electrons. The van der Waals surface area contributed by atoms with Crippen LogP contribution >= 0.6 is 0 Å². The Kier molecular flexibility index (Phi) is 6.40. The summed E-state index contributed by atoms with van der Waals surface area (Å²) in [6.45, 7) is 10.6. The first-order chi connectivity index (χ1) is 6.04. The number of hydrogen-bond acceptors (Lipinski definition) is 1. The van der Waals surface area contributed by atoms with Gasteiger partial charge in [-0.1, -0.05) is 47.0 Å². The van der Waals surface area contributed by atoms with Gasteiger partial charge in [-0.25, -0.2) is 0 Å². The minimum atomic E-state index is 0.527. The van der Waals surface area contributed by atoms with Crippen LogP contribution in [-0.2, 0) is 0 Å². The molecule has 0 aromatic carbocycles. The van der Waals surface area contributed by atoms with Gasteiger partial charge >= 0.3 is 0 Å². The minimum Gasteiger partial charge on any atom is -0.320 e. The minimum absolute atomic E-state index is 0.527. The van der Waals surface area contributed by atoms with Gasteiger partial charge in [0.1, 0.15) is 0 Å². The van der Waals surface area contributed by atoms with Crippen molar-refractivity contribution in [2.24, 2.45) is 11.3 Å². The standard InChI is InChI=1S/C12H27N/c1-6-12(3,4)11(2)9-7-8-10-13-5/h11,13H,6-10H2,1-5H3. The summed E-state index contributed by atoms with van der Waals surface area (Å²) >= 11 is 0. The van der Waals surface area contributed by atoms with Crippen LogP contribution in [0.25, 0.3) is 0 Å². The summed E-state index contributed by atoms with van der Waals surface area (Å²) in [6, 6.07) is 0. The molecule has 0 aromatic heterocycles. The first kappa shape index (κ1) is 13.0. The lowest BCUT2D eigenvalue weighted by Crippen LogP contribution is -2.20. The molecule has 1 atom stereocenters. The second-order valence-corrected chi connectivity index (χ2v) is 4.84. The third kappa shape index (κ3) is 5.30. The van der Waals surface area contributed by atoms with Gasteiger partial charge in [0.25, 0.3) is 0 Å². The highest BCUT2D eigenvalue weighted by molar-refractivity contribution is 4.73. The smallest absolute Gasteiger partial charge is 0.00519 e. The Morgan fingerprint density at radius 2 is 1.85 bits per heavy atom. The van der Waals surface area contributed by atoms with Gasteiger partial charge in [0, 0.05) is 0 Å². The van der Waals surface area contributed by atoms with Gasteiger partial charge in [0.15, 0.2) is 0 Å². The summed E-state index contributed by atoms with van der Waals surface area (Å²) < 4.78 is 0. The molecule has 0 aliphatic rings. The maximum absolute atomic E-state index is 3.19. The third-order valence-electron chi connectivity index (χ3n) is 3.56. The van der Waals surface area contributed by atoms with E-state index in [2.05, 4.69) is 33.0 Å². The van der Waals surface area contributed by atoms with Crippen LogP contribution in [0.2, 0.25) is 0 Å². The molecule has 0 heterocycles. The normalized spacial score (nSPS) is 14.5. The second-order valence-electron chi connectivity index (χ2n) is 4.84. The van der Waals surface area contributed by atoms with E-state index in [-0.39, 0.29) is 0 Å². The molecule has 0 bridgehead atoms. The molecule has 0 aliphatic carbocycles. The van der Waals surface area contributed by atoms with E-state index < -0.39 is 0 Å². The molecule has 1 N–H and O–H groups in total. The fraction of sp³-hybridized carbons (Fsp3) is 1.00. The average Bonchev–Trinajstić information content (AvgIpc) is 2.12. The number of rotatable bonds is 7. The number of unbranched alkanes of at least 4 members (excludes halogenated alkanes) is 1. The molecule has 1 heteroatoms. The Morgan fingerprint density at radius 3 is 2.31 bits per heavy atom. The number of nitrogens with one attached hydrogen (secondary N) is 1.